The summed E-state index contributed by atoms with van der Waals surface area (Å²) < 4.78 is 56.6. The van der Waals surface area contributed by atoms with E-state index < -0.39 is 23.3 Å². The second kappa shape index (κ2) is 28.8. The smallest absolute Gasteiger partial charge is 0.138 e. The van der Waals surface area contributed by atoms with Gasteiger partial charge < -0.3 is 15.7 Å². The number of halogens is 6. The average Bonchev–Trinajstić information content (AvgIpc) is 3.88. The fourth-order valence-electron chi connectivity index (χ4n) is 8.48. The number of aliphatic hydroxyl groups is 1. The van der Waals surface area contributed by atoms with E-state index in [0.29, 0.717) is 11.8 Å². The lowest BCUT2D eigenvalue weighted by molar-refractivity contribution is 0.162. The molecule has 68 heavy (non-hydrogen) atoms. The van der Waals surface area contributed by atoms with Crippen LogP contribution in [0, 0.1) is 35.1 Å². The first-order valence-electron chi connectivity index (χ1n) is 23.6. The van der Waals surface area contributed by atoms with Crippen LogP contribution in [0.3, 0.4) is 0 Å². The van der Waals surface area contributed by atoms with Crippen molar-refractivity contribution in [3.8, 4) is 0 Å². The Labute approximate surface area is 421 Å². The maximum Gasteiger partial charge on any atom is 0.138 e. The van der Waals surface area contributed by atoms with E-state index in [1.165, 1.54) is 52.6 Å². The second-order valence-electron chi connectivity index (χ2n) is 18.1. The first kappa shape index (κ1) is 58.6. The second-order valence-corrected chi connectivity index (χ2v) is 20.3. The quantitative estimate of drug-likeness (QED) is 0.103. The van der Waals surface area contributed by atoms with E-state index in [4.69, 9.17) is 5.11 Å². The summed E-state index contributed by atoms with van der Waals surface area (Å²) in [5.41, 5.74) is 0.328. The highest BCUT2D eigenvalue weighted by Crippen LogP contribution is 2.35. The van der Waals surface area contributed by atoms with Crippen molar-refractivity contribution >= 4 is 79.6 Å². The van der Waals surface area contributed by atoms with Gasteiger partial charge in [0.2, 0.25) is 0 Å². The van der Waals surface area contributed by atoms with Crippen LogP contribution in [0.25, 0.3) is 20.4 Å². The summed E-state index contributed by atoms with van der Waals surface area (Å²) in [4.78, 5) is 26.9. The van der Waals surface area contributed by atoms with Gasteiger partial charge in [-0.2, -0.15) is 0 Å². The Morgan fingerprint density at radius 1 is 0.588 bits per heavy atom. The molecule has 0 saturated carbocycles. The van der Waals surface area contributed by atoms with Gasteiger partial charge >= 0.3 is 0 Å². The highest BCUT2D eigenvalue weighted by Gasteiger charge is 2.29. The number of benzene rings is 2. The van der Waals surface area contributed by atoms with Crippen molar-refractivity contribution in [1.82, 2.24) is 29.7 Å². The van der Waals surface area contributed by atoms with Crippen LogP contribution in [0.2, 0.25) is 0 Å². The Morgan fingerprint density at radius 2 is 0.897 bits per heavy atom. The van der Waals surface area contributed by atoms with Gasteiger partial charge in [-0.3, -0.25) is 9.80 Å². The third kappa shape index (κ3) is 16.2. The molecule has 8 rings (SSSR count). The Balaban J connectivity index is 0.000000315. The molecule has 0 radical (unpaired) electrons. The van der Waals surface area contributed by atoms with Gasteiger partial charge in [0, 0.05) is 77.8 Å². The number of nitrogens with zero attached hydrogens (tertiary/aromatic N) is 6. The molecule has 6 heterocycles. The number of hydrogen-bond donors (Lipinski definition) is 3. The molecular formula is C51H72Cl2F4N8OS2. The molecule has 3 N–H and O–H groups in total. The van der Waals surface area contributed by atoms with Gasteiger partial charge in [-0.05, 0) is 108 Å². The Hall–Kier alpha value is -3.70. The fraction of sp³-hybridized carbons (Fsp3) is 0.529. The van der Waals surface area contributed by atoms with Crippen molar-refractivity contribution in [2.75, 3.05) is 43.4 Å². The number of aliphatic hydroxyl groups excluding tert-OH is 1. The minimum Gasteiger partial charge on any atom is -0.397 e. The molecule has 2 unspecified atom stereocenters. The van der Waals surface area contributed by atoms with Gasteiger partial charge in [-0.1, -0.05) is 60.1 Å². The van der Waals surface area contributed by atoms with E-state index >= 15 is 0 Å². The molecule has 9 nitrogen and oxygen atoms in total. The van der Waals surface area contributed by atoms with Gasteiger partial charge in [0.05, 0.1) is 10.8 Å². The van der Waals surface area contributed by atoms with Crippen LogP contribution < -0.4 is 10.6 Å². The molecule has 2 aliphatic heterocycles. The van der Waals surface area contributed by atoms with E-state index in [2.05, 4.69) is 94.0 Å². The molecule has 6 aromatic rings. The lowest BCUT2D eigenvalue weighted by Crippen LogP contribution is -2.40. The average molecular weight is 1020 g/mol. The van der Waals surface area contributed by atoms with Crippen LogP contribution in [0.1, 0.15) is 127 Å². The molecule has 0 bridgehead atoms. The molecule has 2 aliphatic rings. The van der Waals surface area contributed by atoms with Crippen molar-refractivity contribution in [1.29, 1.82) is 0 Å². The van der Waals surface area contributed by atoms with Gasteiger partial charge in [-0.25, -0.2) is 37.5 Å². The maximum atomic E-state index is 14.2. The molecule has 376 valence electrons. The summed E-state index contributed by atoms with van der Waals surface area (Å²) in [5, 5.41) is 16.9. The number of thiophene rings is 2. The number of hydrogen-bond acceptors (Lipinski definition) is 11. The SMILES string of the molecule is CC(C)Cc1cc2c(NC3CCN(C(C)c4c(F)cccc4F)CC3)ncnc2s1.CC(C)Cc1cc2c(NC3CCN(C(C)c4c(F)cccc4F)CC3)ncnc2s1.CCC.CCO.Cl.Cl. The fourth-order valence-corrected chi connectivity index (χ4v) is 10.9. The molecular weight excluding hydrogens is 952 g/mol. The summed E-state index contributed by atoms with van der Waals surface area (Å²) in [5.74, 6) is 1.10. The normalized spacial score (nSPS) is 15.5. The molecule has 4 aromatic heterocycles. The van der Waals surface area contributed by atoms with Crippen molar-refractivity contribution < 1.29 is 22.7 Å². The zero-order valence-electron chi connectivity index (χ0n) is 41.0. The third-order valence-electron chi connectivity index (χ3n) is 11.7. The Morgan fingerprint density at radius 3 is 1.19 bits per heavy atom. The standard InChI is InChI=1S/2C23H28F2N4S.C3H8.C2H6O.2ClH/c2*1-14(2)11-17-12-18-22(26-13-27-23(18)30-17)28-16-7-9-29(10-8-16)15(3)21-19(24)5-4-6-20(21)25;1-3-2;1-2-3;;/h2*4-6,12-16H,7-11H2,1-3H3,(H,26,27,28);3H2,1-2H3;3H,2H2,1H3;2*1H. The van der Waals surface area contributed by atoms with Crippen LogP contribution in [0.15, 0.2) is 61.2 Å². The van der Waals surface area contributed by atoms with Crippen LogP contribution >= 0.6 is 47.5 Å². The van der Waals surface area contributed by atoms with Crippen molar-refractivity contribution in [3.05, 3.63) is 105 Å². The Kier molecular flexibility index (Phi) is 24.9. The van der Waals surface area contributed by atoms with Crippen molar-refractivity contribution in [2.24, 2.45) is 11.8 Å². The number of rotatable bonds is 12. The predicted octanol–water partition coefficient (Wildman–Crippen LogP) is 13.9. The molecule has 2 saturated heterocycles. The van der Waals surface area contributed by atoms with Gasteiger partial charge in [0.25, 0.3) is 0 Å². The number of piperidine rings is 2. The van der Waals surface area contributed by atoms with Crippen LogP contribution in [-0.2, 0) is 12.8 Å². The lowest BCUT2D eigenvalue weighted by Gasteiger charge is -2.36. The third-order valence-corrected chi connectivity index (χ3v) is 13.8. The first-order chi connectivity index (χ1) is 31.7. The largest absolute Gasteiger partial charge is 0.397 e. The molecule has 0 aliphatic carbocycles. The lowest BCUT2D eigenvalue weighted by atomic mass is 9.99. The summed E-state index contributed by atoms with van der Waals surface area (Å²) >= 11 is 3.47. The zero-order chi connectivity index (χ0) is 47.9. The topological polar surface area (TPSA) is 102 Å². The molecule has 2 aromatic carbocycles. The molecule has 0 spiro atoms. The van der Waals surface area contributed by atoms with Crippen molar-refractivity contribution in [3.63, 3.8) is 0 Å². The summed E-state index contributed by atoms with van der Waals surface area (Å²) in [7, 11) is 0. The van der Waals surface area contributed by atoms with E-state index in [1.807, 2.05) is 13.8 Å². The summed E-state index contributed by atoms with van der Waals surface area (Å²) in [6.07, 6.45) is 10.2. The number of likely N-dealkylation sites (tertiary alicyclic amines) is 2. The Bertz CT molecular complexity index is 2200. The van der Waals surface area contributed by atoms with Crippen LogP contribution in [0.5, 0.6) is 0 Å². The number of nitrogens with one attached hydrogen (secondary N) is 2. The first-order valence-corrected chi connectivity index (χ1v) is 25.3. The molecule has 17 heteroatoms. The van der Waals surface area contributed by atoms with Crippen molar-refractivity contribution in [2.45, 2.75) is 131 Å². The minimum atomic E-state index is -0.471. The summed E-state index contributed by atoms with van der Waals surface area (Å²) in [6, 6.07) is 12.6. The number of anilines is 2. The highest BCUT2D eigenvalue weighted by molar-refractivity contribution is 7.19. The van der Waals surface area contributed by atoms with Gasteiger partial charge in [0.1, 0.15) is 57.2 Å². The number of fused-ring (bicyclic) bond motifs is 2. The van der Waals surface area contributed by atoms with E-state index in [9.17, 15) is 17.6 Å². The van der Waals surface area contributed by atoms with Gasteiger partial charge in [-0.15, -0.1) is 47.5 Å². The monoisotopic (exact) mass is 1020 g/mol. The summed E-state index contributed by atoms with van der Waals surface area (Å²) in [6.45, 7) is 21.9. The van der Waals surface area contributed by atoms with Crippen LogP contribution in [0.4, 0.5) is 29.2 Å². The maximum absolute atomic E-state index is 14.2. The number of aromatic nitrogens is 4. The molecule has 2 atom stereocenters. The molecule has 2 fully saturated rings. The van der Waals surface area contributed by atoms with E-state index in [0.717, 1.165) is 96.8 Å². The van der Waals surface area contributed by atoms with E-state index in [-0.39, 0.29) is 66.7 Å². The van der Waals surface area contributed by atoms with Gasteiger partial charge in [0.15, 0.2) is 0 Å². The molecule has 0 amide bonds. The predicted molar refractivity (Wildman–Crippen MR) is 281 cm³/mol. The van der Waals surface area contributed by atoms with Crippen LogP contribution in [-0.4, -0.2) is 79.7 Å². The van der Waals surface area contributed by atoms with E-state index in [1.54, 1.807) is 42.3 Å². The highest BCUT2D eigenvalue weighted by atomic mass is 35.5. The minimum absolute atomic E-state index is 0. The zero-order valence-corrected chi connectivity index (χ0v) is 44.3.